The van der Waals surface area contributed by atoms with E-state index in [1.54, 1.807) is 0 Å². The normalized spacial score (nSPS) is 12.7. The topological polar surface area (TPSA) is 25.2 Å². The molecule has 1 aromatic heterocycles. The fraction of sp³-hybridized carbons (Fsp3) is 0.333. The van der Waals surface area contributed by atoms with Crippen LogP contribution in [-0.4, -0.2) is 13.1 Å². The van der Waals surface area contributed by atoms with Crippen molar-refractivity contribution >= 4 is 15.9 Å². The molecule has 0 aliphatic carbocycles. The second-order valence-electron chi connectivity index (χ2n) is 4.62. The van der Waals surface area contributed by atoms with Crippen LogP contribution in [0, 0.1) is 6.92 Å². The van der Waals surface area contributed by atoms with Gasteiger partial charge in [0.25, 0.3) is 0 Å². The van der Waals surface area contributed by atoms with Crippen molar-refractivity contribution in [1.82, 2.24) is 5.32 Å². The minimum atomic E-state index is 0.426. The first-order valence-corrected chi connectivity index (χ1v) is 6.92. The maximum absolute atomic E-state index is 5.91. The Balaban J connectivity index is 2.24. The number of furan rings is 1. The van der Waals surface area contributed by atoms with Crippen molar-refractivity contribution in [2.24, 2.45) is 0 Å². The third kappa shape index (κ3) is 3.03. The molecule has 1 N–H and O–H groups in total. The highest BCUT2D eigenvalue weighted by Crippen LogP contribution is 2.28. The molecule has 0 spiro atoms. The summed E-state index contributed by atoms with van der Waals surface area (Å²) in [4.78, 5) is 0. The number of benzene rings is 1. The van der Waals surface area contributed by atoms with E-state index in [2.05, 4.69) is 53.3 Å². The van der Waals surface area contributed by atoms with Gasteiger partial charge in [0.05, 0.1) is 0 Å². The van der Waals surface area contributed by atoms with Crippen molar-refractivity contribution in [3.05, 3.63) is 46.1 Å². The molecule has 0 aliphatic heterocycles. The van der Waals surface area contributed by atoms with Crippen LogP contribution >= 0.6 is 15.9 Å². The molecule has 1 aromatic carbocycles. The third-order valence-electron chi connectivity index (χ3n) is 3.12. The molecule has 1 heterocycles. The van der Waals surface area contributed by atoms with Crippen LogP contribution < -0.4 is 5.32 Å². The van der Waals surface area contributed by atoms with E-state index in [0.29, 0.717) is 6.04 Å². The molecule has 1 unspecified atom stereocenters. The van der Waals surface area contributed by atoms with Gasteiger partial charge in [-0.3, -0.25) is 0 Å². The molecule has 2 rings (SSSR count). The van der Waals surface area contributed by atoms with E-state index in [0.717, 1.165) is 28.0 Å². The van der Waals surface area contributed by atoms with E-state index in [4.69, 9.17) is 4.42 Å². The van der Waals surface area contributed by atoms with Crippen molar-refractivity contribution in [3.63, 3.8) is 0 Å². The number of hydrogen-bond donors (Lipinski definition) is 1. The Morgan fingerprint density at radius 1 is 1.28 bits per heavy atom. The van der Waals surface area contributed by atoms with Gasteiger partial charge in [0.2, 0.25) is 0 Å². The van der Waals surface area contributed by atoms with Crippen LogP contribution in [0.3, 0.4) is 0 Å². The van der Waals surface area contributed by atoms with E-state index in [1.807, 2.05) is 19.2 Å². The average Bonchev–Trinajstić information content (AvgIpc) is 2.77. The smallest absolute Gasteiger partial charge is 0.134 e. The summed E-state index contributed by atoms with van der Waals surface area (Å²) in [5.41, 5.74) is 2.37. The van der Waals surface area contributed by atoms with Crippen molar-refractivity contribution in [2.75, 3.05) is 7.05 Å². The average molecular weight is 308 g/mol. The van der Waals surface area contributed by atoms with Crippen LogP contribution in [0.1, 0.15) is 18.2 Å². The van der Waals surface area contributed by atoms with Crippen molar-refractivity contribution in [3.8, 4) is 11.3 Å². The second-order valence-corrected chi connectivity index (χ2v) is 5.53. The molecule has 0 saturated carbocycles. The van der Waals surface area contributed by atoms with Gasteiger partial charge in [-0.05, 0) is 56.8 Å². The molecule has 0 radical (unpaired) electrons. The summed E-state index contributed by atoms with van der Waals surface area (Å²) in [6.07, 6.45) is 0.909. The van der Waals surface area contributed by atoms with Gasteiger partial charge in [0.15, 0.2) is 0 Å². The standard InChI is InChI=1S/C15H18BrNO/c1-10-8-12(16)4-6-14(10)15-7-5-13(18-15)9-11(2)17-3/h4-8,11,17H,9H2,1-3H3. The van der Waals surface area contributed by atoms with E-state index in [-0.39, 0.29) is 0 Å². The van der Waals surface area contributed by atoms with Gasteiger partial charge in [-0.1, -0.05) is 15.9 Å². The molecular formula is C15H18BrNO. The zero-order chi connectivity index (χ0) is 13.1. The summed E-state index contributed by atoms with van der Waals surface area (Å²) in [5.74, 6) is 1.97. The number of halogens is 1. The molecule has 0 amide bonds. The van der Waals surface area contributed by atoms with Gasteiger partial charge in [0, 0.05) is 22.5 Å². The fourth-order valence-electron chi connectivity index (χ4n) is 1.94. The zero-order valence-corrected chi connectivity index (χ0v) is 12.5. The molecular weight excluding hydrogens is 290 g/mol. The highest BCUT2D eigenvalue weighted by Gasteiger charge is 2.09. The number of likely N-dealkylation sites (N-methyl/N-ethyl adjacent to an activating group) is 1. The van der Waals surface area contributed by atoms with E-state index >= 15 is 0 Å². The summed E-state index contributed by atoms with van der Waals surface area (Å²) >= 11 is 3.48. The molecule has 0 bridgehead atoms. The molecule has 0 fully saturated rings. The lowest BCUT2D eigenvalue weighted by Gasteiger charge is -2.07. The molecule has 2 aromatic rings. The number of nitrogens with one attached hydrogen (secondary N) is 1. The molecule has 3 heteroatoms. The van der Waals surface area contributed by atoms with Crippen LogP contribution in [0.4, 0.5) is 0 Å². The van der Waals surface area contributed by atoms with Crippen LogP contribution in [0.25, 0.3) is 11.3 Å². The number of aryl methyl sites for hydroxylation is 1. The summed E-state index contributed by atoms with van der Waals surface area (Å²) < 4.78 is 7.00. The zero-order valence-electron chi connectivity index (χ0n) is 11.0. The van der Waals surface area contributed by atoms with Gasteiger partial charge >= 0.3 is 0 Å². The molecule has 1 atom stereocenters. The maximum Gasteiger partial charge on any atom is 0.134 e. The maximum atomic E-state index is 5.91. The largest absolute Gasteiger partial charge is 0.461 e. The lowest BCUT2D eigenvalue weighted by Crippen LogP contribution is -2.23. The van der Waals surface area contributed by atoms with Crippen LogP contribution in [0.15, 0.2) is 39.2 Å². The lowest BCUT2D eigenvalue weighted by atomic mass is 10.1. The van der Waals surface area contributed by atoms with Crippen molar-refractivity contribution < 1.29 is 4.42 Å². The van der Waals surface area contributed by atoms with Gasteiger partial charge in [-0.2, -0.15) is 0 Å². The molecule has 18 heavy (non-hydrogen) atoms. The first-order valence-electron chi connectivity index (χ1n) is 6.12. The Bertz CT molecular complexity index is 533. The summed E-state index contributed by atoms with van der Waals surface area (Å²) in [7, 11) is 1.97. The first-order chi connectivity index (χ1) is 8.60. The van der Waals surface area contributed by atoms with E-state index in [1.165, 1.54) is 5.56 Å². The highest BCUT2D eigenvalue weighted by molar-refractivity contribution is 9.10. The summed E-state index contributed by atoms with van der Waals surface area (Å²) in [6.45, 7) is 4.24. The molecule has 0 saturated heterocycles. The molecule has 0 aliphatic rings. The monoisotopic (exact) mass is 307 g/mol. The summed E-state index contributed by atoms with van der Waals surface area (Å²) in [5, 5.41) is 3.22. The third-order valence-corrected chi connectivity index (χ3v) is 3.61. The Labute approximate surface area is 117 Å². The first kappa shape index (κ1) is 13.4. The Hall–Kier alpha value is -1.06. The molecule has 2 nitrogen and oxygen atoms in total. The van der Waals surface area contributed by atoms with Gasteiger partial charge in [-0.25, -0.2) is 0 Å². The second kappa shape index (κ2) is 5.72. The predicted molar refractivity (Wildman–Crippen MR) is 78.8 cm³/mol. The fourth-order valence-corrected chi connectivity index (χ4v) is 2.42. The van der Waals surface area contributed by atoms with Crippen LogP contribution in [0.5, 0.6) is 0 Å². The lowest BCUT2D eigenvalue weighted by molar-refractivity contribution is 0.481. The Kier molecular flexibility index (Phi) is 4.25. The predicted octanol–water partition coefficient (Wildman–Crippen LogP) is 4.17. The van der Waals surface area contributed by atoms with Gasteiger partial charge < -0.3 is 9.73 Å². The van der Waals surface area contributed by atoms with Crippen LogP contribution in [0.2, 0.25) is 0 Å². The van der Waals surface area contributed by atoms with Crippen LogP contribution in [-0.2, 0) is 6.42 Å². The highest BCUT2D eigenvalue weighted by atomic mass is 79.9. The molecule has 96 valence electrons. The quantitative estimate of drug-likeness (QED) is 0.917. The number of rotatable bonds is 4. The van der Waals surface area contributed by atoms with E-state index < -0.39 is 0 Å². The van der Waals surface area contributed by atoms with E-state index in [9.17, 15) is 0 Å². The SMILES string of the molecule is CNC(C)Cc1ccc(-c2ccc(Br)cc2C)o1. The Morgan fingerprint density at radius 3 is 2.72 bits per heavy atom. The number of hydrogen-bond acceptors (Lipinski definition) is 2. The summed E-state index contributed by atoms with van der Waals surface area (Å²) in [6, 6.07) is 10.8. The minimum absolute atomic E-state index is 0.426. The van der Waals surface area contributed by atoms with Gasteiger partial charge in [-0.15, -0.1) is 0 Å². The van der Waals surface area contributed by atoms with Gasteiger partial charge in [0.1, 0.15) is 11.5 Å². The van der Waals surface area contributed by atoms with Crippen molar-refractivity contribution in [1.29, 1.82) is 0 Å². The van der Waals surface area contributed by atoms with Crippen molar-refractivity contribution in [2.45, 2.75) is 26.3 Å². The minimum Gasteiger partial charge on any atom is -0.461 e. The Morgan fingerprint density at radius 2 is 2.06 bits per heavy atom.